The Morgan fingerprint density at radius 2 is 1.96 bits per heavy atom. The zero-order valence-electron chi connectivity index (χ0n) is 16.8. The molecular formula is C20H27BO7. The molecule has 7 nitrogen and oxygen atoms in total. The highest BCUT2D eigenvalue weighted by Gasteiger charge is 2.37. The van der Waals surface area contributed by atoms with Gasteiger partial charge in [0.1, 0.15) is 17.1 Å². The Labute approximate surface area is 165 Å². The summed E-state index contributed by atoms with van der Waals surface area (Å²) >= 11 is 0. The lowest BCUT2D eigenvalue weighted by molar-refractivity contribution is -0.166. The first-order valence-electron chi connectivity index (χ1n) is 9.60. The van der Waals surface area contributed by atoms with E-state index in [1.165, 1.54) is 13.0 Å². The fourth-order valence-corrected chi connectivity index (χ4v) is 3.06. The summed E-state index contributed by atoms with van der Waals surface area (Å²) in [5, 5.41) is 10.3. The third kappa shape index (κ3) is 5.82. The van der Waals surface area contributed by atoms with Gasteiger partial charge >= 0.3 is 19.1 Å². The Bertz CT molecular complexity index is 731. The zero-order valence-corrected chi connectivity index (χ0v) is 16.8. The van der Waals surface area contributed by atoms with E-state index in [4.69, 9.17) is 14.1 Å². The van der Waals surface area contributed by atoms with Crippen molar-refractivity contribution in [3.05, 3.63) is 29.3 Å². The van der Waals surface area contributed by atoms with Crippen molar-refractivity contribution in [2.75, 3.05) is 0 Å². The summed E-state index contributed by atoms with van der Waals surface area (Å²) in [6.45, 7) is 7.01. The number of ether oxygens (including phenoxy) is 2. The Kier molecular flexibility index (Phi) is 7.63. The average Bonchev–Trinajstić information content (AvgIpc) is 2.60. The summed E-state index contributed by atoms with van der Waals surface area (Å²) in [4.78, 5) is 35.9. The van der Waals surface area contributed by atoms with Crippen LogP contribution >= 0.6 is 0 Å². The number of ketones is 1. The number of Topliss-reactive ketones (excluding diaryl/α,β-unsaturated/α-hetero) is 1. The van der Waals surface area contributed by atoms with Crippen LogP contribution in [0.2, 0.25) is 5.82 Å². The molecule has 0 bridgehead atoms. The molecule has 0 aliphatic carbocycles. The van der Waals surface area contributed by atoms with E-state index in [0.29, 0.717) is 12.8 Å². The SMILES string of the molecule is CCC(=O)C[C@H]1Cc2cccc(C(=O)OC(C)OC(=O)CC(C)C)c2OB1O. The monoisotopic (exact) mass is 390 g/mol. The van der Waals surface area contributed by atoms with Crippen LogP contribution in [0.15, 0.2) is 18.2 Å². The van der Waals surface area contributed by atoms with Crippen molar-refractivity contribution in [2.24, 2.45) is 5.92 Å². The van der Waals surface area contributed by atoms with Gasteiger partial charge in [0.05, 0.1) is 0 Å². The summed E-state index contributed by atoms with van der Waals surface area (Å²) < 4.78 is 15.8. The summed E-state index contributed by atoms with van der Waals surface area (Å²) in [6.07, 6.45) is 0.223. The van der Waals surface area contributed by atoms with Crippen LogP contribution < -0.4 is 4.65 Å². The molecule has 1 aliphatic rings. The molecule has 0 spiro atoms. The molecule has 0 saturated carbocycles. The van der Waals surface area contributed by atoms with Crippen molar-refractivity contribution >= 4 is 24.8 Å². The van der Waals surface area contributed by atoms with E-state index in [1.54, 1.807) is 19.1 Å². The third-order valence-electron chi connectivity index (χ3n) is 4.47. The second kappa shape index (κ2) is 9.73. The number of carbonyl (C=O) groups is 3. The molecule has 0 aromatic heterocycles. The average molecular weight is 390 g/mol. The molecule has 152 valence electrons. The normalized spacial score (nSPS) is 16.8. The molecule has 1 aromatic carbocycles. The molecule has 0 amide bonds. The van der Waals surface area contributed by atoms with Crippen molar-refractivity contribution in [1.82, 2.24) is 0 Å². The van der Waals surface area contributed by atoms with E-state index in [1.807, 2.05) is 13.8 Å². The fraction of sp³-hybridized carbons (Fsp3) is 0.550. The first-order chi connectivity index (χ1) is 13.2. The van der Waals surface area contributed by atoms with E-state index in [9.17, 15) is 19.4 Å². The molecule has 0 fully saturated rings. The minimum absolute atomic E-state index is 0.0451. The molecule has 8 heteroatoms. The minimum atomic E-state index is -1.18. The van der Waals surface area contributed by atoms with Crippen LogP contribution in [0, 0.1) is 5.92 Å². The molecule has 1 aliphatic heterocycles. The molecule has 28 heavy (non-hydrogen) atoms. The zero-order chi connectivity index (χ0) is 20.8. The summed E-state index contributed by atoms with van der Waals surface area (Å²) in [5.74, 6) is -1.09. The predicted molar refractivity (Wildman–Crippen MR) is 103 cm³/mol. The number of carbonyl (C=O) groups excluding carboxylic acids is 3. The van der Waals surface area contributed by atoms with Gasteiger partial charge in [-0.25, -0.2) is 4.79 Å². The number of benzene rings is 1. The number of esters is 2. The van der Waals surface area contributed by atoms with Gasteiger partial charge in [-0.2, -0.15) is 0 Å². The summed E-state index contributed by atoms with van der Waals surface area (Å²) in [6, 6.07) is 4.99. The van der Waals surface area contributed by atoms with E-state index in [-0.39, 0.29) is 41.7 Å². The van der Waals surface area contributed by atoms with Crippen molar-refractivity contribution < 1.29 is 33.5 Å². The van der Waals surface area contributed by atoms with Gasteiger partial charge in [0.15, 0.2) is 0 Å². The second-order valence-corrected chi connectivity index (χ2v) is 7.42. The van der Waals surface area contributed by atoms with E-state index in [2.05, 4.69) is 0 Å². The molecule has 2 rings (SSSR count). The quantitative estimate of drug-likeness (QED) is 0.414. The largest absolute Gasteiger partial charge is 0.535 e. The van der Waals surface area contributed by atoms with Crippen LogP contribution in [0.25, 0.3) is 0 Å². The predicted octanol–water partition coefficient (Wildman–Crippen LogP) is 2.93. The van der Waals surface area contributed by atoms with Crippen LogP contribution in [0.4, 0.5) is 0 Å². The first-order valence-corrected chi connectivity index (χ1v) is 9.60. The minimum Gasteiger partial charge on any atom is -0.535 e. The van der Waals surface area contributed by atoms with Crippen molar-refractivity contribution in [3.8, 4) is 5.75 Å². The van der Waals surface area contributed by atoms with Crippen LogP contribution in [0.3, 0.4) is 0 Å². The van der Waals surface area contributed by atoms with E-state index in [0.717, 1.165) is 5.56 Å². The molecular weight excluding hydrogens is 363 g/mol. The van der Waals surface area contributed by atoms with Gasteiger partial charge in [-0.3, -0.25) is 9.59 Å². The van der Waals surface area contributed by atoms with Crippen LogP contribution in [0.1, 0.15) is 62.9 Å². The highest BCUT2D eigenvalue weighted by molar-refractivity contribution is 6.47. The van der Waals surface area contributed by atoms with Gasteiger partial charge in [-0.15, -0.1) is 0 Å². The lowest BCUT2D eigenvalue weighted by atomic mass is 9.64. The van der Waals surface area contributed by atoms with Crippen LogP contribution in [-0.2, 0) is 25.5 Å². The van der Waals surface area contributed by atoms with Crippen molar-refractivity contribution in [1.29, 1.82) is 0 Å². The Balaban J connectivity index is 2.08. The molecule has 0 saturated heterocycles. The molecule has 0 radical (unpaired) electrons. The number of hydrogen-bond acceptors (Lipinski definition) is 7. The maximum Gasteiger partial charge on any atom is 0.526 e. The number of hydrogen-bond donors (Lipinski definition) is 1. The second-order valence-electron chi connectivity index (χ2n) is 7.42. The number of fused-ring (bicyclic) bond motifs is 1. The van der Waals surface area contributed by atoms with E-state index < -0.39 is 25.3 Å². The Morgan fingerprint density at radius 3 is 2.61 bits per heavy atom. The van der Waals surface area contributed by atoms with Gasteiger partial charge in [-0.05, 0) is 24.0 Å². The van der Waals surface area contributed by atoms with Gasteiger partial charge < -0.3 is 19.2 Å². The van der Waals surface area contributed by atoms with Crippen LogP contribution in [-0.4, -0.2) is 36.2 Å². The molecule has 1 N–H and O–H groups in total. The Morgan fingerprint density at radius 1 is 1.25 bits per heavy atom. The summed E-state index contributed by atoms with van der Waals surface area (Å²) in [7, 11) is -1.18. The van der Waals surface area contributed by atoms with Crippen molar-refractivity contribution in [2.45, 2.75) is 65.5 Å². The smallest absolute Gasteiger partial charge is 0.526 e. The van der Waals surface area contributed by atoms with Gasteiger partial charge in [0.25, 0.3) is 0 Å². The molecule has 1 unspecified atom stereocenters. The van der Waals surface area contributed by atoms with Gasteiger partial charge in [0, 0.05) is 32.0 Å². The van der Waals surface area contributed by atoms with Gasteiger partial charge in [-0.1, -0.05) is 32.9 Å². The fourth-order valence-electron chi connectivity index (χ4n) is 3.06. The lowest BCUT2D eigenvalue weighted by Crippen LogP contribution is -2.36. The highest BCUT2D eigenvalue weighted by Crippen LogP contribution is 2.36. The third-order valence-corrected chi connectivity index (χ3v) is 4.47. The number of para-hydroxylation sites is 1. The van der Waals surface area contributed by atoms with E-state index >= 15 is 0 Å². The topological polar surface area (TPSA) is 99.1 Å². The number of rotatable bonds is 8. The molecule has 2 atom stereocenters. The van der Waals surface area contributed by atoms with Gasteiger partial charge in [0.2, 0.25) is 6.29 Å². The maximum atomic E-state index is 12.5. The summed E-state index contributed by atoms with van der Waals surface area (Å²) in [5.41, 5.74) is 0.863. The Hall–Kier alpha value is -2.35. The van der Waals surface area contributed by atoms with Crippen molar-refractivity contribution in [3.63, 3.8) is 0 Å². The first kappa shape index (κ1) is 21.9. The lowest BCUT2D eigenvalue weighted by Gasteiger charge is -2.28. The molecule has 1 aromatic rings. The molecule has 1 heterocycles. The highest BCUT2D eigenvalue weighted by atomic mass is 16.7. The maximum absolute atomic E-state index is 12.5. The van der Waals surface area contributed by atoms with Crippen LogP contribution in [0.5, 0.6) is 5.75 Å². The standard InChI is InChI=1S/C20H27BO7/c1-5-16(22)11-15-10-14-7-6-8-17(19(14)28-21(15)25)20(24)27-13(4)26-18(23)9-12(2)3/h6-8,12-13,15,25H,5,9-11H2,1-4H3/t13?,15-/m1/s1.